The number of aryl methyl sites for hydroxylation is 1. The van der Waals surface area contributed by atoms with E-state index in [2.05, 4.69) is 15.8 Å². The summed E-state index contributed by atoms with van der Waals surface area (Å²) in [5, 5.41) is 6.81. The van der Waals surface area contributed by atoms with Crippen molar-refractivity contribution in [2.24, 2.45) is 5.10 Å². The first-order chi connectivity index (χ1) is 14.9. The molecule has 7 nitrogen and oxygen atoms in total. The smallest absolute Gasteiger partial charge is 0.240 e. The first-order valence-corrected chi connectivity index (χ1v) is 10.5. The monoisotopic (exact) mass is 425 g/mol. The van der Waals surface area contributed by atoms with E-state index >= 15 is 0 Å². The van der Waals surface area contributed by atoms with Crippen molar-refractivity contribution < 1.29 is 19.1 Å². The predicted octanol–water partition coefficient (Wildman–Crippen LogP) is 4.36. The van der Waals surface area contributed by atoms with Crippen LogP contribution in [0.1, 0.15) is 49.8 Å². The molecule has 2 amide bonds. The molecule has 0 saturated carbocycles. The fraction of sp³-hybridized carbons (Fsp3) is 0.375. The van der Waals surface area contributed by atoms with E-state index in [4.69, 9.17) is 9.47 Å². The SMILES string of the molecule is CCCOc1ccc(C=NNC(=O)CCC(=O)Nc2cccc(C)c2C)cc1OCC. The van der Waals surface area contributed by atoms with E-state index in [0.29, 0.717) is 24.7 Å². The van der Waals surface area contributed by atoms with Crippen LogP contribution in [0, 0.1) is 13.8 Å². The van der Waals surface area contributed by atoms with Gasteiger partial charge in [-0.2, -0.15) is 5.10 Å². The van der Waals surface area contributed by atoms with Crippen molar-refractivity contribution in [2.45, 2.75) is 47.0 Å². The van der Waals surface area contributed by atoms with Gasteiger partial charge in [-0.15, -0.1) is 0 Å². The minimum Gasteiger partial charge on any atom is -0.490 e. The summed E-state index contributed by atoms with van der Waals surface area (Å²) in [5.74, 6) is 0.770. The van der Waals surface area contributed by atoms with Gasteiger partial charge in [0.15, 0.2) is 11.5 Å². The Morgan fingerprint density at radius 1 is 1.00 bits per heavy atom. The molecule has 2 N–H and O–H groups in total. The van der Waals surface area contributed by atoms with E-state index in [1.807, 2.05) is 64.1 Å². The first kappa shape index (κ1) is 23.9. The molecule has 0 atom stereocenters. The van der Waals surface area contributed by atoms with Gasteiger partial charge in [0.1, 0.15) is 0 Å². The van der Waals surface area contributed by atoms with Crippen molar-refractivity contribution in [1.29, 1.82) is 0 Å². The van der Waals surface area contributed by atoms with Crippen molar-refractivity contribution in [3.05, 3.63) is 53.1 Å². The number of anilines is 1. The number of hydrogen-bond donors (Lipinski definition) is 2. The topological polar surface area (TPSA) is 89.0 Å². The molecular formula is C24H31N3O4. The van der Waals surface area contributed by atoms with Crippen LogP contribution in [0.15, 0.2) is 41.5 Å². The zero-order chi connectivity index (χ0) is 22.6. The third kappa shape index (κ3) is 7.77. The van der Waals surface area contributed by atoms with Crippen LogP contribution < -0.4 is 20.2 Å². The molecule has 0 saturated heterocycles. The second-order valence-corrected chi connectivity index (χ2v) is 7.08. The van der Waals surface area contributed by atoms with Crippen molar-refractivity contribution >= 4 is 23.7 Å². The quantitative estimate of drug-likeness (QED) is 0.413. The van der Waals surface area contributed by atoms with Gasteiger partial charge in [-0.05, 0) is 68.1 Å². The second kappa shape index (κ2) is 12.4. The Kier molecular flexibility index (Phi) is 9.55. The summed E-state index contributed by atoms with van der Waals surface area (Å²) in [6.45, 7) is 9.01. The summed E-state index contributed by atoms with van der Waals surface area (Å²) in [6, 6.07) is 11.2. The molecule has 0 heterocycles. The van der Waals surface area contributed by atoms with Crippen molar-refractivity contribution in [3.63, 3.8) is 0 Å². The van der Waals surface area contributed by atoms with Crippen LogP contribution >= 0.6 is 0 Å². The summed E-state index contributed by atoms with van der Waals surface area (Å²) < 4.78 is 11.3. The number of carbonyl (C=O) groups excluding carboxylic acids is 2. The lowest BCUT2D eigenvalue weighted by Gasteiger charge is -2.11. The Morgan fingerprint density at radius 3 is 2.52 bits per heavy atom. The summed E-state index contributed by atoms with van der Waals surface area (Å²) >= 11 is 0. The molecule has 0 aliphatic carbocycles. The highest BCUT2D eigenvalue weighted by atomic mass is 16.5. The minimum atomic E-state index is -0.333. The van der Waals surface area contributed by atoms with E-state index < -0.39 is 0 Å². The number of benzene rings is 2. The summed E-state index contributed by atoms with van der Waals surface area (Å²) in [5.41, 5.74) is 6.09. The van der Waals surface area contributed by atoms with Gasteiger partial charge in [-0.1, -0.05) is 19.1 Å². The fourth-order valence-electron chi connectivity index (χ4n) is 2.77. The van der Waals surface area contributed by atoms with Crippen LogP contribution in [0.2, 0.25) is 0 Å². The predicted molar refractivity (Wildman–Crippen MR) is 123 cm³/mol. The van der Waals surface area contributed by atoms with Gasteiger partial charge in [0.2, 0.25) is 11.8 Å². The third-order valence-corrected chi connectivity index (χ3v) is 4.59. The highest BCUT2D eigenvalue weighted by Gasteiger charge is 2.09. The number of hydrogen-bond acceptors (Lipinski definition) is 5. The van der Waals surface area contributed by atoms with E-state index in [0.717, 1.165) is 28.8 Å². The Hall–Kier alpha value is -3.35. The van der Waals surface area contributed by atoms with Crippen LogP contribution in [0.3, 0.4) is 0 Å². The van der Waals surface area contributed by atoms with Crippen LogP contribution in [0.25, 0.3) is 0 Å². The van der Waals surface area contributed by atoms with Gasteiger partial charge in [-0.25, -0.2) is 5.43 Å². The van der Waals surface area contributed by atoms with Gasteiger partial charge in [0, 0.05) is 18.5 Å². The van der Waals surface area contributed by atoms with E-state index in [1.54, 1.807) is 0 Å². The summed E-state index contributed by atoms with van der Waals surface area (Å²) in [7, 11) is 0. The molecule has 0 fully saturated rings. The summed E-state index contributed by atoms with van der Waals surface area (Å²) in [4.78, 5) is 24.1. The van der Waals surface area contributed by atoms with Crippen LogP contribution in [-0.4, -0.2) is 31.2 Å². The number of hydrazone groups is 1. The van der Waals surface area contributed by atoms with E-state index in [9.17, 15) is 9.59 Å². The molecule has 166 valence electrons. The maximum Gasteiger partial charge on any atom is 0.240 e. The number of ether oxygens (including phenoxy) is 2. The van der Waals surface area contributed by atoms with Gasteiger partial charge in [0.25, 0.3) is 0 Å². The highest BCUT2D eigenvalue weighted by molar-refractivity contribution is 5.94. The van der Waals surface area contributed by atoms with E-state index in [1.165, 1.54) is 6.21 Å². The van der Waals surface area contributed by atoms with Crippen LogP contribution in [0.5, 0.6) is 11.5 Å². The highest BCUT2D eigenvalue weighted by Crippen LogP contribution is 2.28. The maximum absolute atomic E-state index is 12.1. The lowest BCUT2D eigenvalue weighted by atomic mass is 10.1. The fourth-order valence-corrected chi connectivity index (χ4v) is 2.77. The lowest BCUT2D eigenvalue weighted by molar-refractivity contribution is -0.124. The standard InChI is InChI=1S/C24H31N3O4/c1-5-14-31-21-11-10-19(15-22(21)30-6-2)16-25-27-24(29)13-12-23(28)26-20-9-7-8-17(3)18(20)4/h7-11,15-16H,5-6,12-14H2,1-4H3,(H,26,28)(H,27,29). The summed E-state index contributed by atoms with van der Waals surface area (Å²) in [6.07, 6.45) is 2.55. The Labute approximate surface area is 183 Å². The number of nitrogens with zero attached hydrogens (tertiary/aromatic N) is 1. The average Bonchev–Trinajstić information content (AvgIpc) is 2.75. The number of amides is 2. The van der Waals surface area contributed by atoms with Crippen molar-refractivity contribution in [1.82, 2.24) is 5.43 Å². The molecule has 7 heteroatoms. The molecule has 2 aromatic carbocycles. The largest absolute Gasteiger partial charge is 0.490 e. The molecule has 0 aromatic heterocycles. The molecule has 0 aliphatic rings. The minimum absolute atomic E-state index is 0.0437. The molecule has 0 bridgehead atoms. The lowest BCUT2D eigenvalue weighted by Crippen LogP contribution is -2.21. The zero-order valence-corrected chi connectivity index (χ0v) is 18.7. The molecule has 0 spiro atoms. The molecule has 0 radical (unpaired) electrons. The molecule has 0 aliphatic heterocycles. The van der Waals surface area contributed by atoms with Crippen molar-refractivity contribution in [2.75, 3.05) is 18.5 Å². The number of rotatable bonds is 11. The van der Waals surface area contributed by atoms with Crippen LogP contribution in [0.4, 0.5) is 5.69 Å². The van der Waals surface area contributed by atoms with Gasteiger partial charge < -0.3 is 14.8 Å². The second-order valence-electron chi connectivity index (χ2n) is 7.08. The van der Waals surface area contributed by atoms with Gasteiger partial charge >= 0.3 is 0 Å². The molecular weight excluding hydrogens is 394 g/mol. The Balaban J connectivity index is 1.84. The maximum atomic E-state index is 12.1. The Morgan fingerprint density at radius 2 is 1.77 bits per heavy atom. The average molecular weight is 426 g/mol. The number of carbonyl (C=O) groups is 2. The van der Waals surface area contributed by atoms with Crippen LogP contribution in [-0.2, 0) is 9.59 Å². The molecule has 31 heavy (non-hydrogen) atoms. The van der Waals surface area contributed by atoms with Gasteiger partial charge in [-0.3, -0.25) is 9.59 Å². The van der Waals surface area contributed by atoms with Gasteiger partial charge in [0.05, 0.1) is 19.4 Å². The van der Waals surface area contributed by atoms with Crippen molar-refractivity contribution in [3.8, 4) is 11.5 Å². The molecule has 2 rings (SSSR count). The molecule has 2 aromatic rings. The zero-order valence-electron chi connectivity index (χ0n) is 18.7. The molecule has 0 unspecified atom stereocenters. The number of nitrogens with one attached hydrogen (secondary N) is 2. The van der Waals surface area contributed by atoms with E-state index in [-0.39, 0.29) is 24.7 Å². The normalized spacial score (nSPS) is 10.7. The first-order valence-electron chi connectivity index (χ1n) is 10.5. The Bertz CT molecular complexity index is 925. The third-order valence-electron chi connectivity index (χ3n) is 4.59.